The van der Waals surface area contributed by atoms with Crippen molar-refractivity contribution in [2.75, 3.05) is 6.54 Å². The number of pyridine rings is 1. The molecule has 3 aromatic rings. The van der Waals surface area contributed by atoms with Crippen LogP contribution in [0.4, 0.5) is 0 Å². The number of hydrogen-bond acceptors (Lipinski definition) is 5. The van der Waals surface area contributed by atoms with Crippen molar-refractivity contribution in [3.05, 3.63) is 71.1 Å². The van der Waals surface area contributed by atoms with Crippen LogP contribution < -0.4 is 5.32 Å². The molecule has 0 spiro atoms. The van der Waals surface area contributed by atoms with Crippen molar-refractivity contribution in [3.63, 3.8) is 0 Å². The van der Waals surface area contributed by atoms with Gasteiger partial charge < -0.3 is 14.7 Å². The van der Waals surface area contributed by atoms with E-state index in [1.165, 1.54) is 0 Å². The molecule has 1 aromatic carbocycles. The van der Waals surface area contributed by atoms with E-state index in [2.05, 4.69) is 15.5 Å². The number of carbonyl (C=O) groups excluding carboxylic acids is 2. The smallest absolute Gasteiger partial charge is 0.276 e. The second kappa shape index (κ2) is 8.45. The molecule has 0 radical (unpaired) electrons. The molecule has 0 aliphatic carbocycles. The number of amides is 2. The summed E-state index contributed by atoms with van der Waals surface area (Å²) in [6.07, 6.45) is 4.74. The van der Waals surface area contributed by atoms with Gasteiger partial charge in [0.1, 0.15) is 6.04 Å². The molecule has 0 bridgehead atoms. The summed E-state index contributed by atoms with van der Waals surface area (Å²) in [6, 6.07) is 11.9. The third kappa shape index (κ3) is 4.14. The van der Waals surface area contributed by atoms with Crippen LogP contribution in [-0.2, 0) is 11.3 Å². The molecule has 2 amide bonds. The van der Waals surface area contributed by atoms with Crippen LogP contribution in [0.15, 0.2) is 59.4 Å². The summed E-state index contributed by atoms with van der Waals surface area (Å²) < 4.78 is 5.32. The van der Waals surface area contributed by atoms with Gasteiger partial charge in [0.25, 0.3) is 5.91 Å². The third-order valence-electron chi connectivity index (χ3n) is 4.87. The molecular weight excluding hydrogens is 392 g/mol. The molecule has 2 aromatic heterocycles. The topological polar surface area (TPSA) is 88.3 Å². The van der Waals surface area contributed by atoms with E-state index in [1.807, 2.05) is 24.3 Å². The van der Waals surface area contributed by atoms with Crippen LogP contribution in [-0.4, -0.2) is 39.4 Å². The third-order valence-corrected chi connectivity index (χ3v) is 5.20. The monoisotopic (exact) mass is 410 g/mol. The van der Waals surface area contributed by atoms with Crippen molar-refractivity contribution in [2.45, 2.75) is 25.4 Å². The molecule has 148 valence electrons. The molecule has 0 unspecified atom stereocenters. The predicted molar refractivity (Wildman–Crippen MR) is 107 cm³/mol. The summed E-state index contributed by atoms with van der Waals surface area (Å²) in [7, 11) is 0. The summed E-state index contributed by atoms with van der Waals surface area (Å²) in [4.78, 5) is 31.2. The summed E-state index contributed by atoms with van der Waals surface area (Å²) >= 11 is 6.18. The van der Waals surface area contributed by atoms with Crippen LogP contribution in [0.25, 0.3) is 11.3 Å². The first kappa shape index (κ1) is 19.1. The SMILES string of the molecule is O=C(NCc1cccnc1)[C@H]1CCCN1C(=O)c1cc(-c2ccccc2Cl)on1. The van der Waals surface area contributed by atoms with Gasteiger partial charge in [-0.2, -0.15) is 0 Å². The zero-order valence-electron chi connectivity index (χ0n) is 15.5. The van der Waals surface area contributed by atoms with E-state index < -0.39 is 6.04 Å². The van der Waals surface area contributed by atoms with Gasteiger partial charge in [-0.25, -0.2) is 0 Å². The van der Waals surface area contributed by atoms with Crippen LogP contribution in [0.3, 0.4) is 0 Å². The van der Waals surface area contributed by atoms with E-state index in [0.717, 1.165) is 12.0 Å². The maximum atomic E-state index is 12.9. The second-order valence-corrected chi connectivity index (χ2v) is 7.20. The Morgan fingerprint density at radius 2 is 2.10 bits per heavy atom. The molecule has 1 fully saturated rings. The fraction of sp³-hybridized carbons (Fsp3) is 0.238. The summed E-state index contributed by atoms with van der Waals surface area (Å²) in [5.41, 5.74) is 1.72. The van der Waals surface area contributed by atoms with Gasteiger partial charge in [0.05, 0.1) is 5.02 Å². The molecule has 1 atom stereocenters. The minimum absolute atomic E-state index is 0.159. The lowest BCUT2D eigenvalue weighted by Crippen LogP contribution is -2.45. The van der Waals surface area contributed by atoms with Crippen molar-refractivity contribution in [3.8, 4) is 11.3 Å². The lowest BCUT2D eigenvalue weighted by atomic mass is 10.1. The number of likely N-dealkylation sites (tertiary alicyclic amines) is 1. The van der Waals surface area contributed by atoms with Gasteiger partial charge in [0, 0.05) is 37.1 Å². The number of carbonyl (C=O) groups is 2. The summed E-state index contributed by atoms with van der Waals surface area (Å²) in [5, 5.41) is 7.29. The van der Waals surface area contributed by atoms with Crippen molar-refractivity contribution >= 4 is 23.4 Å². The number of rotatable bonds is 5. The van der Waals surface area contributed by atoms with E-state index in [1.54, 1.807) is 35.5 Å². The quantitative estimate of drug-likeness (QED) is 0.697. The summed E-state index contributed by atoms with van der Waals surface area (Å²) in [5.74, 6) is -0.101. The van der Waals surface area contributed by atoms with Crippen LogP contribution in [0.2, 0.25) is 5.02 Å². The standard InChI is InChI=1S/C21H19ClN4O3/c22-16-7-2-1-6-15(16)19-11-17(25-29-19)21(28)26-10-4-8-18(26)20(27)24-13-14-5-3-9-23-12-14/h1-3,5-7,9,11-12,18H,4,8,10,13H2,(H,24,27)/t18-/m1/s1. The highest BCUT2D eigenvalue weighted by Crippen LogP contribution is 2.29. The molecule has 1 saturated heterocycles. The lowest BCUT2D eigenvalue weighted by Gasteiger charge is -2.22. The Bertz CT molecular complexity index is 1020. The first-order valence-electron chi connectivity index (χ1n) is 9.32. The molecule has 1 N–H and O–H groups in total. The number of aromatic nitrogens is 2. The van der Waals surface area contributed by atoms with Crippen LogP contribution >= 0.6 is 11.6 Å². The first-order chi connectivity index (χ1) is 14.1. The van der Waals surface area contributed by atoms with Crippen LogP contribution in [0.1, 0.15) is 28.9 Å². The normalized spacial score (nSPS) is 16.0. The van der Waals surface area contributed by atoms with Gasteiger partial charge in [-0.15, -0.1) is 0 Å². The minimum Gasteiger partial charge on any atom is -0.355 e. The minimum atomic E-state index is -0.528. The lowest BCUT2D eigenvalue weighted by molar-refractivity contribution is -0.125. The molecular formula is C21H19ClN4O3. The highest BCUT2D eigenvalue weighted by Gasteiger charge is 2.35. The number of nitrogens with zero attached hydrogens (tertiary/aromatic N) is 3. The fourth-order valence-corrected chi connectivity index (χ4v) is 3.63. The van der Waals surface area contributed by atoms with Crippen molar-refractivity contribution in [2.24, 2.45) is 0 Å². The number of benzene rings is 1. The van der Waals surface area contributed by atoms with E-state index in [4.69, 9.17) is 16.1 Å². The molecule has 0 saturated carbocycles. The van der Waals surface area contributed by atoms with E-state index >= 15 is 0 Å². The zero-order chi connectivity index (χ0) is 20.2. The number of hydrogen-bond donors (Lipinski definition) is 1. The Morgan fingerprint density at radius 3 is 2.90 bits per heavy atom. The van der Waals surface area contributed by atoms with Crippen molar-refractivity contribution in [1.82, 2.24) is 20.4 Å². The van der Waals surface area contributed by atoms with Gasteiger partial charge in [0.2, 0.25) is 5.91 Å². The molecule has 3 heterocycles. The Balaban J connectivity index is 1.45. The average Bonchev–Trinajstić information content (AvgIpc) is 3.43. The molecule has 7 nitrogen and oxygen atoms in total. The van der Waals surface area contributed by atoms with Gasteiger partial charge in [-0.1, -0.05) is 35.0 Å². The number of halogens is 1. The van der Waals surface area contributed by atoms with E-state index in [-0.39, 0.29) is 17.5 Å². The van der Waals surface area contributed by atoms with Gasteiger partial charge in [-0.3, -0.25) is 14.6 Å². The predicted octanol–water partition coefficient (Wildman–Crippen LogP) is 3.31. The number of nitrogens with one attached hydrogen (secondary N) is 1. The molecule has 4 rings (SSSR count). The maximum Gasteiger partial charge on any atom is 0.276 e. The Kier molecular flexibility index (Phi) is 5.57. The fourth-order valence-electron chi connectivity index (χ4n) is 3.40. The van der Waals surface area contributed by atoms with Gasteiger partial charge in [-0.05, 0) is 36.6 Å². The highest BCUT2D eigenvalue weighted by molar-refractivity contribution is 6.33. The van der Waals surface area contributed by atoms with Gasteiger partial charge >= 0.3 is 0 Å². The van der Waals surface area contributed by atoms with Crippen LogP contribution in [0.5, 0.6) is 0 Å². The highest BCUT2D eigenvalue weighted by atomic mass is 35.5. The van der Waals surface area contributed by atoms with E-state index in [0.29, 0.717) is 35.9 Å². The Labute approximate surface area is 172 Å². The molecule has 8 heteroatoms. The largest absolute Gasteiger partial charge is 0.355 e. The summed E-state index contributed by atoms with van der Waals surface area (Å²) in [6.45, 7) is 0.865. The first-order valence-corrected chi connectivity index (χ1v) is 9.70. The van der Waals surface area contributed by atoms with Crippen LogP contribution in [0, 0.1) is 0 Å². The Morgan fingerprint density at radius 1 is 1.24 bits per heavy atom. The molecule has 1 aliphatic rings. The maximum absolute atomic E-state index is 12.9. The van der Waals surface area contributed by atoms with Gasteiger partial charge in [0.15, 0.2) is 11.5 Å². The molecule has 1 aliphatic heterocycles. The zero-order valence-corrected chi connectivity index (χ0v) is 16.3. The average molecular weight is 411 g/mol. The van der Waals surface area contributed by atoms with Crippen molar-refractivity contribution in [1.29, 1.82) is 0 Å². The van der Waals surface area contributed by atoms with E-state index in [9.17, 15) is 9.59 Å². The molecule has 29 heavy (non-hydrogen) atoms. The Hall–Kier alpha value is -3.19. The second-order valence-electron chi connectivity index (χ2n) is 6.79. The van der Waals surface area contributed by atoms with Crippen molar-refractivity contribution < 1.29 is 14.1 Å².